The van der Waals surface area contributed by atoms with E-state index in [2.05, 4.69) is 35.3 Å². The average molecular weight is 407 g/mol. The van der Waals surface area contributed by atoms with Gasteiger partial charge in [0.2, 0.25) is 11.6 Å². The van der Waals surface area contributed by atoms with E-state index in [4.69, 9.17) is 5.73 Å². The zero-order valence-corrected chi connectivity index (χ0v) is 16.2. The summed E-state index contributed by atoms with van der Waals surface area (Å²) in [5, 5.41) is 6.74. The van der Waals surface area contributed by atoms with Crippen molar-refractivity contribution >= 4 is 5.91 Å². The van der Waals surface area contributed by atoms with Crippen molar-refractivity contribution in [2.24, 2.45) is 5.73 Å². The van der Waals surface area contributed by atoms with Gasteiger partial charge >= 0.3 is 6.18 Å². The Balaban J connectivity index is 1.51. The minimum Gasteiger partial charge on any atom is -0.331 e. The molecule has 1 aliphatic heterocycles. The monoisotopic (exact) mass is 407 g/mol. The second-order valence-corrected chi connectivity index (χ2v) is 8.08. The highest BCUT2D eigenvalue weighted by atomic mass is 19.4. The van der Waals surface area contributed by atoms with Crippen molar-refractivity contribution in [3.63, 3.8) is 0 Å². The zero-order valence-electron chi connectivity index (χ0n) is 16.2. The van der Waals surface area contributed by atoms with E-state index in [0.29, 0.717) is 6.54 Å². The molecule has 0 spiro atoms. The molecule has 0 saturated heterocycles. The van der Waals surface area contributed by atoms with Crippen LogP contribution in [0.3, 0.4) is 0 Å². The van der Waals surface area contributed by atoms with Gasteiger partial charge in [-0.05, 0) is 38.2 Å². The maximum Gasteiger partial charge on any atom is 0.451 e. The largest absolute Gasteiger partial charge is 0.451 e. The van der Waals surface area contributed by atoms with Crippen molar-refractivity contribution in [3.8, 4) is 0 Å². The summed E-state index contributed by atoms with van der Waals surface area (Å²) < 4.78 is 40.0. The third-order valence-corrected chi connectivity index (χ3v) is 6.40. The molecule has 4 rings (SSSR count). The maximum absolute atomic E-state index is 13.0. The molecule has 0 unspecified atom stereocenters. The molecule has 0 radical (unpaired) electrons. The number of hydrogen-bond acceptors (Lipinski definition) is 4. The van der Waals surface area contributed by atoms with E-state index in [1.54, 1.807) is 4.90 Å². The Morgan fingerprint density at radius 3 is 2.55 bits per heavy atom. The highest BCUT2D eigenvalue weighted by Gasteiger charge is 2.44. The number of amides is 1. The van der Waals surface area contributed by atoms with Crippen LogP contribution in [-0.4, -0.2) is 44.7 Å². The van der Waals surface area contributed by atoms with Gasteiger partial charge in [-0.1, -0.05) is 29.8 Å². The third kappa shape index (κ3) is 3.41. The lowest BCUT2D eigenvalue weighted by Crippen LogP contribution is -2.51. The highest BCUT2D eigenvalue weighted by Crippen LogP contribution is 2.41. The van der Waals surface area contributed by atoms with Gasteiger partial charge in [-0.25, -0.2) is 0 Å². The molecule has 1 aliphatic carbocycles. The number of carbonyl (C=O) groups excluding carboxylic acids is 1. The number of aryl methyl sites for hydroxylation is 1. The van der Waals surface area contributed by atoms with Gasteiger partial charge in [-0.2, -0.15) is 13.2 Å². The van der Waals surface area contributed by atoms with E-state index in [1.165, 1.54) is 11.1 Å². The number of rotatable bonds is 3. The summed E-state index contributed by atoms with van der Waals surface area (Å²) >= 11 is 0. The van der Waals surface area contributed by atoms with Crippen LogP contribution in [0.15, 0.2) is 24.3 Å². The number of nitrogens with two attached hydrogens (primary N) is 1. The first kappa shape index (κ1) is 19.9. The van der Waals surface area contributed by atoms with Gasteiger partial charge in [-0.15, -0.1) is 10.2 Å². The summed E-state index contributed by atoms with van der Waals surface area (Å²) in [5.41, 5.74) is 8.45. The minimum atomic E-state index is -4.62. The van der Waals surface area contributed by atoms with Crippen LogP contribution in [-0.2, 0) is 18.1 Å². The van der Waals surface area contributed by atoms with Crippen molar-refractivity contribution in [3.05, 3.63) is 47.0 Å². The highest BCUT2D eigenvalue weighted by molar-refractivity contribution is 5.91. The van der Waals surface area contributed by atoms with Gasteiger partial charge in [0.05, 0.1) is 0 Å². The fourth-order valence-corrected chi connectivity index (χ4v) is 4.72. The number of fused-ring (bicyclic) bond motifs is 1. The van der Waals surface area contributed by atoms with Gasteiger partial charge < -0.3 is 10.6 Å². The fraction of sp³-hybridized carbons (Fsp3) is 0.550. The van der Waals surface area contributed by atoms with Crippen LogP contribution in [0.1, 0.15) is 53.3 Å². The van der Waals surface area contributed by atoms with Crippen molar-refractivity contribution in [1.29, 1.82) is 0 Å². The SMILES string of the molecule is Cc1cccc(C2(CN)CCC(N3CCn4c(nnc4C(F)(F)F)C3=O)CC2)c1. The molecule has 156 valence electrons. The molecule has 6 nitrogen and oxygen atoms in total. The summed E-state index contributed by atoms with van der Waals surface area (Å²) in [7, 11) is 0. The molecule has 2 N–H and O–H groups in total. The predicted molar refractivity (Wildman–Crippen MR) is 100 cm³/mol. The van der Waals surface area contributed by atoms with Crippen LogP contribution in [0.2, 0.25) is 0 Å². The number of halogens is 3. The van der Waals surface area contributed by atoms with Gasteiger partial charge in [0.25, 0.3) is 5.91 Å². The molecule has 2 aliphatic rings. The lowest BCUT2D eigenvalue weighted by atomic mass is 9.67. The number of nitrogens with zero attached hydrogens (tertiary/aromatic N) is 4. The average Bonchev–Trinajstić information content (AvgIpc) is 3.14. The first-order valence-electron chi connectivity index (χ1n) is 9.84. The fourth-order valence-electron chi connectivity index (χ4n) is 4.72. The Bertz CT molecular complexity index is 915. The lowest BCUT2D eigenvalue weighted by Gasteiger charge is -2.44. The molecule has 0 bridgehead atoms. The van der Waals surface area contributed by atoms with Crippen LogP contribution in [0, 0.1) is 6.92 Å². The molecule has 0 atom stereocenters. The molecule has 1 amide bonds. The first-order valence-corrected chi connectivity index (χ1v) is 9.84. The standard InChI is InChI=1S/C20H24F3N5O/c1-13-3-2-4-14(11-13)19(12-24)7-5-15(6-8-19)27-9-10-28-16(17(27)29)25-26-18(28)20(21,22)23/h2-4,11,15H,5-10,12,24H2,1H3. The van der Waals surface area contributed by atoms with Crippen molar-refractivity contribution in [2.75, 3.05) is 13.1 Å². The van der Waals surface area contributed by atoms with E-state index in [9.17, 15) is 18.0 Å². The predicted octanol–water partition coefficient (Wildman–Crippen LogP) is 2.90. The summed E-state index contributed by atoms with van der Waals surface area (Å²) in [5.74, 6) is -1.80. The van der Waals surface area contributed by atoms with Crippen LogP contribution in [0.4, 0.5) is 13.2 Å². The topological polar surface area (TPSA) is 77.0 Å². The summed E-state index contributed by atoms with van der Waals surface area (Å²) in [6.45, 7) is 2.87. The Labute approximate surface area is 166 Å². The summed E-state index contributed by atoms with van der Waals surface area (Å²) in [6.07, 6.45) is -1.43. The Hall–Kier alpha value is -2.42. The number of benzene rings is 1. The van der Waals surface area contributed by atoms with Crippen molar-refractivity contribution < 1.29 is 18.0 Å². The first-order chi connectivity index (χ1) is 13.7. The van der Waals surface area contributed by atoms with E-state index < -0.39 is 17.9 Å². The molecule has 1 fully saturated rings. The number of aromatic nitrogens is 3. The van der Waals surface area contributed by atoms with Crippen molar-refractivity contribution in [2.45, 2.75) is 56.8 Å². The molecule has 1 aromatic heterocycles. The lowest BCUT2D eigenvalue weighted by molar-refractivity contribution is -0.147. The quantitative estimate of drug-likeness (QED) is 0.849. The van der Waals surface area contributed by atoms with Gasteiger partial charge in [0, 0.05) is 31.1 Å². The summed E-state index contributed by atoms with van der Waals surface area (Å²) in [4.78, 5) is 14.5. The Kier molecular flexibility index (Phi) is 4.88. The molecule has 29 heavy (non-hydrogen) atoms. The second kappa shape index (κ2) is 7.12. The minimum absolute atomic E-state index is 0.0215. The van der Waals surface area contributed by atoms with Crippen LogP contribution >= 0.6 is 0 Å². The molecule has 1 saturated carbocycles. The molecule has 9 heteroatoms. The van der Waals surface area contributed by atoms with Gasteiger partial charge in [0.1, 0.15) is 0 Å². The van der Waals surface area contributed by atoms with E-state index in [1.807, 2.05) is 6.07 Å². The molecule has 2 heterocycles. The molecular formula is C20H24F3N5O. The number of alkyl halides is 3. The number of carbonyl (C=O) groups is 1. The van der Waals surface area contributed by atoms with Crippen LogP contribution < -0.4 is 5.73 Å². The zero-order chi connectivity index (χ0) is 20.8. The second-order valence-electron chi connectivity index (χ2n) is 8.08. The smallest absolute Gasteiger partial charge is 0.331 e. The third-order valence-electron chi connectivity index (χ3n) is 6.40. The molecule has 2 aromatic rings. The van der Waals surface area contributed by atoms with E-state index in [-0.39, 0.29) is 30.4 Å². The van der Waals surface area contributed by atoms with E-state index in [0.717, 1.165) is 30.3 Å². The molecule has 1 aromatic carbocycles. The molecular weight excluding hydrogens is 383 g/mol. The Morgan fingerprint density at radius 1 is 1.21 bits per heavy atom. The van der Waals surface area contributed by atoms with Crippen molar-refractivity contribution in [1.82, 2.24) is 19.7 Å². The summed E-state index contributed by atoms with van der Waals surface area (Å²) in [6, 6.07) is 8.34. The number of hydrogen-bond donors (Lipinski definition) is 1. The van der Waals surface area contributed by atoms with Crippen LogP contribution in [0.5, 0.6) is 0 Å². The maximum atomic E-state index is 13.0. The van der Waals surface area contributed by atoms with Gasteiger partial charge in [0.15, 0.2) is 0 Å². The Morgan fingerprint density at radius 2 is 1.93 bits per heavy atom. The normalized spacial score (nSPS) is 25.2. The van der Waals surface area contributed by atoms with Crippen LogP contribution in [0.25, 0.3) is 0 Å². The van der Waals surface area contributed by atoms with E-state index >= 15 is 0 Å². The van der Waals surface area contributed by atoms with Gasteiger partial charge in [-0.3, -0.25) is 9.36 Å².